The molecule has 0 fully saturated rings. The van der Waals surface area contributed by atoms with Crippen LogP contribution in [0.4, 0.5) is 0 Å². The number of halogens is 1. The summed E-state index contributed by atoms with van der Waals surface area (Å²) >= 11 is 5.82. The van der Waals surface area contributed by atoms with Gasteiger partial charge in [-0.25, -0.2) is 4.79 Å². The second kappa shape index (κ2) is 4.86. The van der Waals surface area contributed by atoms with Crippen molar-refractivity contribution in [2.75, 3.05) is 6.61 Å². The van der Waals surface area contributed by atoms with Crippen LogP contribution in [0.3, 0.4) is 0 Å². The van der Waals surface area contributed by atoms with E-state index in [9.17, 15) is 9.90 Å². The molecular formula is C11H10ClNO3. The molecule has 0 saturated carbocycles. The van der Waals surface area contributed by atoms with Crippen LogP contribution < -0.4 is 0 Å². The zero-order valence-electron chi connectivity index (χ0n) is 8.87. The highest BCUT2D eigenvalue weighted by molar-refractivity contribution is 6.32. The Morgan fingerprint density at radius 2 is 2.31 bits per heavy atom. The van der Waals surface area contributed by atoms with E-state index < -0.39 is 5.97 Å². The minimum Gasteiger partial charge on any atom is -0.507 e. The van der Waals surface area contributed by atoms with E-state index in [0.29, 0.717) is 5.56 Å². The average molecular weight is 240 g/mol. The first-order valence-corrected chi connectivity index (χ1v) is 5.00. The first-order chi connectivity index (χ1) is 7.52. The first-order valence-electron chi connectivity index (χ1n) is 4.62. The van der Waals surface area contributed by atoms with Crippen LogP contribution in [-0.4, -0.2) is 17.7 Å². The van der Waals surface area contributed by atoms with Crippen LogP contribution in [0, 0.1) is 18.3 Å². The number of phenols is 1. The zero-order valence-corrected chi connectivity index (χ0v) is 9.63. The standard InChI is InChI=1S/C11H10ClNO3/c1-3-16-11(15)8-4-7(5-13)9(12)6(2)10(8)14/h4,14H,3H2,1-2H3. The highest BCUT2D eigenvalue weighted by Gasteiger charge is 2.19. The molecule has 4 nitrogen and oxygen atoms in total. The molecule has 0 spiro atoms. The Bertz CT molecular complexity index is 477. The van der Waals surface area contributed by atoms with E-state index in [1.54, 1.807) is 6.92 Å². The molecule has 0 aliphatic rings. The summed E-state index contributed by atoms with van der Waals surface area (Å²) in [4.78, 5) is 11.5. The Balaban J connectivity index is 3.37. The zero-order chi connectivity index (χ0) is 12.3. The molecule has 0 unspecified atom stereocenters. The van der Waals surface area contributed by atoms with Crippen molar-refractivity contribution < 1.29 is 14.6 Å². The fourth-order valence-corrected chi connectivity index (χ4v) is 1.42. The summed E-state index contributed by atoms with van der Waals surface area (Å²) in [5.41, 5.74) is 0.393. The van der Waals surface area contributed by atoms with Crippen molar-refractivity contribution in [3.8, 4) is 11.8 Å². The normalized spacial score (nSPS) is 9.62. The summed E-state index contributed by atoms with van der Waals surface area (Å²) in [6.45, 7) is 3.38. The molecule has 16 heavy (non-hydrogen) atoms. The van der Waals surface area contributed by atoms with Gasteiger partial charge in [0, 0.05) is 5.56 Å². The lowest BCUT2D eigenvalue weighted by molar-refractivity contribution is 0.0523. The molecule has 0 saturated heterocycles. The van der Waals surface area contributed by atoms with E-state index >= 15 is 0 Å². The van der Waals surface area contributed by atoms with E-state index in [0.717, 1.165) is 0 Å². The Morgan fingerprint density at radius 1 is 1.69 bits per heavy atom. The van der Waals surface area contributed by atoms with Crippen molar-refractivity contribution in [2.45, 2.75) is 13.8 Å². The van der Waals surface area contributed by atoms with Gasteiger partial charge in [0.2, 0.25) is 0 Å². The van der Waals surface area contributed by atoms with Crippen LogP contribution in [0.5, 0.6) is 5.75 Å². The van der Waals surface area contributed by atoms with Crippen molar-refractivity contribution in [2.24, 2.45) is 0 Å². The van der Waals surface area contributed by atoms with Gasteiger partial charge in [-0.05, 0) is 19.9 Å². The lowest BCUT2D eigenvalue weighted by atomic mass is 10.1. The number of nitriles is 1. The maximum atomic E-state index is 11.5. The van der Waals surface area contributed by atoms with Gasteiger partial charge in [0.15, 0.2) is 0 Å². The van der Waals surface area contributed by atoms with E-state index in [2.05, 4.69) is 0 Å². The summed E-state index contributed by atoms with van der Waals surface area (Å²) < 4.78 is 4.75. The number of carbonyl (C=O) groups excluding carboxylic acids is 1. The SMILES string of the molecule is CCOC(=O)c1cc(C#N)c(Cl)c(C)c1O. The number of hydrogen-bond donors (Lipinski definition) is 1. The minimum atomic E-state index is -0.670. The fourth-order valence-electron chi connectivity index (χ4n) is 1.23. The summed E-state index contributed by atoms with van der Waals surface area (Å²) in [7, 11) is 0. The molecule has 1 rings (SSSR count). The molecule has 0 radical (unpaired) electrons. The number of nitrogens with zero attached hydrogens (tertiary/aromatic N) is 1. The van der Waals surface area contributed by atoms with Crippen LogP contribution >= 0.6 is 11.6 Å². The van der Waals surface area contributed by atoms with E-state index in [4.69, 9.17) is 21.6 Å². The Morgan fingerprint density at radius 3 is 2.81 bits per heavy atom. The summed E-state index contributed by atoms with van der Waals surface area (Å²) in [6.07, 6.45) is 0. The van der Waals surface area contributed by atoms with Crippen LogP contribution in [0.2, 0.25) is 5.02 Å². The molecule has 84 valence electrons. The first kappa shape index (κ1) is 12.3. The van der Waals surface area contributed by atoms with E-state index in [1.165, 1.54) is 13.0 Å². The lowest BCUT2D eigenvalue weighted by Gasteiger charge is -2.09. The third kappa shape index (κ3) is 2.10. The number of ether oxygens (including phenoxy) is 1. The van der Waals surface area contributed by atoms with Gasteiger partial charge in [-0.15, -0.1) is 0 Å². The quantitative estimate of drug-likeness (QED) is 0.805. The maximum absolute atomic E-state index is 11.5. The molecule has 0 aliphatic carbocycles. The highest BCUT2D eigenvalue weighted by Crippen LogP contribution is 2.32. The molecule has 0 heterocycles. The van der Waals surface area contributed by atoms with Gasteiger partial charge in [0.25, 0.3) is 0 Å². The number of hydrogen-bond acceptors (Lipinski definition) is 4. The molecule has 0 aromatic heterocycles. The Kier molecular flexibility index (Phi) is 3.75. The number of aromatic hydroxyl groups is 1. The smallest absolute Gasteiger partial charge is 0.341 e. The maximum Gasteiger partial charge on any atom is 0.341 e. The number of benzene rings is 1. The van der Waals surface area contributed by atoms with Crippen LogP contribution in [0.1, 0.15) is 28.4 Å². The number of phenolic OH excluding ortho intramolecular Hbond substituents is 1. The van der Waals surface area contributed by atoms with Crippen molar-refractivity contribution in [3.63, 3.8) is 0 Å². The van der Waals surface area contributed by atoms with Gasteiger partial charge in [-0.2, -0.15) is 5.26 Å². The predicted octanol–water partition coefficient (Wildman–Crippen LogP) is 2.40. The van der Waals surface area contributed by atoms with Crippen molar-refractivity contribution in [3.05, 3.63) is 27.8 Å². The van der Waals surface area contributed by atoms with Gasteiger partial charge in [0.1, 0.15) is 17.4 Å². The van der Waals surface area contributed by atoms with Crippen molar-refractivity contribution in [1.82, 2.24) is 0 Å². The third-order valence-electron chi connectivity index (χ3n) is 2.08. The summed E-state index contributed by atoms with van der Waals surface area (Å²) in [6, 6.07) is 3.07. The monoisotopic (exact) mass is 239 g/mol. The van der Waals surface area contributed by atoms with Gasteiger partial charge in [-0.1, -0.05) is 11.6 Å². The fraction of sp³-hybridized carbons (Fsp3) is 0.273. The van der Waals surface area contributed by atoms with Gasteiger partial charge in [0.05, 0.1) is 17.2 Å². The number of rotatable bonds is 2. The molecule has 1 aromatic carbocycles. The third-order valence-corrected chi connectivity index (χ3v) is 2.57. The lowest BCUT2D eigenvalue weighted by Crippen LogP contribution is -2.06. The van der Waals surface area contributed by atoms with Crippen LogP contribution in [0.25, 0.3) is 0 Å². The second-order valence-corrected chi connectivity index (χ2v) is 3.47. The molecule has 1 N–H and O–H groups in total. The van der Waals surface area contributed by atoms with E-state index in [1.807, 2.05) is 6.07 Å². The molecule has 0 aliphatic heterocycles. The summed E-state index contributed by atoms with van der Waals surface area (Å²) in [5, 5.41) is 18.6. The second-order valence-electron chi connectivity index (χ2n) is 3.09. The van der Waals surface area contributed by atoms with Crippen molar-refractivity contribution >= 4 is 17.6 Å². The van der Waals surface area contributed by atoms with Crippen LogP contribution in [-0.2, 0) is 4.74 Å². The molecule has 0 amide bonds. The number of carbonyl (C=O) groups is 1. The topological polar surface area (TPSA) is 70.3 Å². The Labute approximate surface area is 98.0 Å². The van der Waals surface area contributed by atoms with Crippen LogP contribution in [0.15, 0.2) is 6.07 Å². The predicted molar refractivity (Wildman–Crippen MR) is 58.5 cm³/mol. The minimum absolute atomic E-state index is 0.0414. The van der Waals surface area contributed by atoms with Gasteiger partial charge >= 0.3 is 5.97 Å². The molecular weight excluding hydrogens is 230 g/mol. The van der Waals surface area contributed by atoms with Gasteiger partial charge in [-0.3, -0.25) is 0 Å². The van der Waals surface area contributed by atoms with Gasteiger partial charge < -0.3 is 9.84 Å². The molecule has 0 bridgehead atoms. The number of esters is 1. The molecule has 5 heteroatoms. The molecule has 0 atom stereocenters. The van der Waals surface area contributed by atoms with E-state index in [-0.39, 0.29) is 28.5 Å². The largest absolute Gasteiger partial charge is 0.507 e. The average Bonchev–Trinajstić information content (AvgIpc) is 2.27. The Hall–Kier alpha value is -1.73. The van der Waals surface area contributed by atoms with Crippen molar-refractivity contribution in [1.29, 1.82) is 5.26 Å². The highest BCUT2D eigenvalue weighted by atomic mass is 35.5. The summed E-state index contributed by atoms with van der Waals surface area (Å²) in [5.74, 6) is -0.918. The molecule has 1 aromatic rings.